The van der Waals surface area contributed by atoms with Crippen molar-refractivity contribution < 1.29 is 9.47 Å². The highest BCUT2D eigenvalue weighted by Gasteiger charge is 2.88. The molecule has 154 valence electrons. The minimum Gasteiger partial charge on any atom is -0.496 e. The van der Waals surface area contributed by atoms with Gasteiger partial charge in [0.15, 0.2) is 0 Å². The van der Waals surface area contributed by atoms with Crippen LogP contribution >= 0.6 is 0 Å². The van der Waals surface area contributed by atoms with Gasteiger partial charge in [-0.2, -0.15) is 0 Å². The summed E-state index contributed by atoms with van der Waals surface area (Å²) < 4.78 is 12.3. The number of ether oxygens (including phenoxy) is 2. The second-order valence-electron chi connectivity index (χ2n) is 11.5. The number of allylic oxidation sites excluding steroid dienone is 2. The van der Waals surface area contributed by atoms with Crippen LogP contribution in [-0.2, 0) is 0 Å². The smallest absolute Gasteiger partial charge is 0.130 e. The molecule has 4 bridgehead atoms. The Balaban J connectivity index is 1.38. The van der Waals surface area contributed by atoms with E-state index in [-0.39, 0.29) is 0 Å². The second kappa shape index (κ2) is 4.76. The highest BCUT2D eigenvalue weighted by molar-refractivity contribution is 5.97. The van der Waals surface area contributed by atoms with Crippen LogP contribution in [0.15, 0.2) is 36.4 Å². The molecule has 6 aliphatic rings. The Kier molecular flexibility index (Phi) is 2.65. The molecule has 0 amide bonds. The molecule has 7 unspecified atom stereocenters. The molecule has 10 atom stereocenters. The number of hydrogen-bond acceptors (Lipinski definition) is 2. The molecule has 0 aromatic heterocycles. The van der Waals surface area contributed by atoms with Crippen LogP contribution in [0, 0.1) is 46.3 Å². The van der Waals surface area contributed by atoms with E-state index in [9.17, 15) is 0 Å². The minimum absolute atomic E-state index is 0.507. The van der Waals surface area contributed by atoms with E-state index < -0.39 is 0 Å². The Bertz CT molecular complexity index is 1090. The monoisotopic (exact) mass is 398 g/mol. The lowest BCUT2D eigenvalue weighted by atomic mass is 9.20. The van der Waals surface area contributed by atoms with Crippen molar-refractivity contribution in [1.29, 1.82) is 0 Å². The van der Waals surface area contributed by atoms with Gasteiger partial charge in [0, 0.05) is 21.9 Å². The molecule has 2 aromatic carbocycles. The van der Waals surface area contributed by atoms with Crippen molar-refractivity contribution in [1.82, 2.24) is 0 Å². The summed E-state index contributed by atoms with van der Waals surface area (Å²) >= 11 is 0. The van der Waals surface area contributed by atoms with Gasteiger partial charge >= 0.3 is 0 Å². The summed E-state index contributed by atoms with van der Waals surface area (Å²) in [7, 11) is 3.73. The molecule has 2 heteroatoms. The van der Waals surface area contributed by atoms with E-state index >= 15 is 0 Å². The van der Waals surface area contributed by atoms with E-state index in [1.165, 1.54) is 34.7 Å². The maximum atomic E-state index is 6.14. The lowest BCUT2D eigenvalue weighted by molar-refractivity contribution is -0.353. The molecule has 0 aliphatic heterocycles. The third-order valence-corrected chi connectivity index (χ3v) is 11.5. The van der Waals surface area contributed by atoms with Crippen LogP contribution in [-0.4, -0.2) is 14.2 Å². The lowest BCUT2D eigenvalue weighted by Gasteiger charge is -2.83. The fourth-order valence-electron chi connectivity index (χ4n) is 11.0. The third-order valence-electron chi connectivity index (χ3n) is 11.5. The van der Waals surface area contributed by atoms with Crippen molar-refractivity contribution in [3.63, 3.8) is 0 Å². The van der Waals surface area contributed by atoms with Crippen molar-refractivity contribution >= 4 is 10.8 Å². The number of hydrogen-bond donors (Lipinski definition) is 0. The highest BCUT2D eigenvalue weighted by atomic mass is 16.5. The van der Waals surface area contributed by atoms with Gasteiger partial charge < -0.3 is 9.47 Å². The zero-order chi connectivity index (χ0) is 20.2. The largest absolute Gasteiger partial charge is 0.496 e. The van der Waals surface area contributed by atoms with E-state index in [4.69, 9.17) is 9.47 Å². The van der Waals surface area contributed by atoms with Crippen LogP contribution in [0.1, 0.15) is 49.7 Å². The average Bonchev–Trinajstić information content (AvgIpc) is 3.54. The van der Waals surface area contributed by atoms with Gasteiger partial charge in [-0.3, -0.25) is 0 Å². The van der Waals surface area contributed by atoms with Crippen LogP contribution in [0.5, 0.6) is 11.5 Å². The standard InChI is InChI=1S/C28H30O2/c1-27-21-13-9-10-14(11-13)22(21)28(27,2)24-18-12-17(23(24)27)19-20(18)26(30-4)16-8-6-5-7-15(16)25(19)29-3/h5-10,13-14,17-18,21-24H,11-12H2,1-4H3/t13-,14+,17-,18?,21?,22?,23?,24?,27?,28?/m0/s1. The second-order valence-corrected chi connectivity index (χ2v) is 11.5. The normalized spacial score (nSPS) is 49.9. The molecule has 0 N–H and O–H groups in total. The van der Waals surface area contributed by atoms with Gasteiger partial charge in [0.2, 0.25) is 0 Å². The zero-order valence-corrected chi connectivity index (χ0v) is 18.3. The maximum absolute atomic E-state index is 6.14. The van der Waals surface area contributed by atoms with E-state index in [0.717, 1.165) is 47.0 Å². The van der Waals surface area contributed by atoms with Crippen LogP contribution in [0.4, 0.5) is 0 Å². The maximum Gasteiger partial charge on any atom is 0.130 e. The number of methoxy groups -OCH3 is 2. The minimum atomic E-state index is 0.507. The Labute approximate surface area is 178 Å². The first-order valence-electron chi connectivity index (χ1n) is 11.9. The molecule has 2 aromatic rings. The van der Waals surface area contributed by atoms with Crippen molar-refractivity contribution in [3.05, 3.63) is 47.5 Å². The summed E-state index contributed by atoms with van der Waals surface area (Å²) in [6, 6.07) is 8.69. The molecule has 6 aliphatic carbocycles. The third kappa shape index (κ3) is 1.32. The predicted molar refractivity (Wildman–Crippen MR) is 118 cm³/mol. The van der Waals surface area contributed by atoms with Crippen molar-refractivity contribution in [2.45, 2.75) is 38.5 Å². The molecule has 0 saturated heterocycles. The summed E-state index contributed by atoms with van der Waals surface area (Å²) in [6.45, 7) is 5.35. The van der Waals surface area contributed by atoms with Crippen LogP contribution in [0.2, 0.25) is 0 Å². The first-order valence-corrected chi connectivity index (χ1v) is 11.9. The topological polar surface area (TPSA) is 18.5 Å². The first kappa shape index (κ1) is 16.7. The van der Waals surface area contributed by atoms with Gasteiger partial charge in [-0.05, 0) is 71.0 Å². The van der Waals surface area contributed by atoms with E-state index in [0.29, 0.717) is 22.7 Å². The van der Waals surface area contributed by atoms with Crippen LogP contribution in [0.3, 0.4) is 0 Å². The van der Waals surface area contributed by atoms with E-state index in [2.05, 4.69) is 50.3 Å². The van der Waals surface area contributed by atoms with Crippen molar-refractivity contribution in [3.8, 4) is 11.5 Å². The Morgan fingerprint density at radius 1 is 0.700 bits per heavy atom. The Morgan fingerprint density at radius 3 is 1.60 bits per heavy atom. The predicted octanol–water partition coefficient (Wildman–Crippen LogP) is 6.15. The van der Waals surface area contributed by atoms with Gasteiger partial charge in [-0.15, -0.1) is 0 Å². The summed E-state index contributed by atoms with van der Waals surface area (Å²) in [6.07, 6.45) is 7.88. The van der Waals surface area contributed by atoms with Gasteiger partial charge in [0.25, 0.3) is 0 Å². The van der Waals surface area contributed by atoms with Gasteiger partial charge in [0.1, 0.15) is 11.5 Å². The van der Waals surface area contributed by atoms with E-state index in [1.54, 1.807) is 0 Å². The quantitative estimate of drug-likeness (QED) is 0.446. The van der Waals surface area contributed by atoms with Gasteiger partial charge in [-0.25, -0.2) is 0 Å². The Morgan fingerprint density at radius 2 is 1.17 bits per heavy atom. The average molecular weight is 399 g/mol. The molecule has 4 fully saturated rings. The molecule has 30 heavy (non-hydrogen) atoms. The fourth-order valence-corrected chi connectivity index (χ4v) is 11.0. The molecular weight excluding hydrogens is 368 g/mol. The molecule has 4 saturated carbocycles. The molecular formula is C28H30O2. The number of benzene rings is 2. The Hall–Kier alpha value is -1.96. The summed E-state index contributed by atoms with van der Waals surface area (Å²) in [5, 5.41) is 2.45. The number of rotatable bonds is 2. The van der Waals surface area contributed by atoms with Gasteiger partial charge in [0.05, 0.1) is 14.2 Å². The lowest BCUT2D eigenvalue weighted by Crippen LogP contribution is -2.79. The molecule has 0 spiro atoms. The molecule has 0 heterocycles. The van der Waals surface area contributed by atoms with Gasteiger partial charge in [-0.1, -0.05) is 50.3 Å². The zero-order valence-electron chi connectivity index (χ0n) is 18.3. The summed E-state index contributed by atoms with van der Waals surface area (Å²) in [4.78, 5) is 0. The SMILES string of the molecule is COc1c2c(c(OC)c3ccccc13)[C@@H]1CC2C2C1C1(C)C3C([C@@H]4C=C[C@H]3C4)C21C. The molecule has 2 nitrogen and oxygen atoms in total. The fraction of sp³-hybridized carbons (Fsp3) is 0.571. The van der Waals surface area contributed by atoms with Crippen molar-refractivity contribution in [2.24, 2.45) is 46.3 Å². The highest BCUT2D eigenvalue weighted by Crippen LogP contribution is 2.94. The summed E-state index contributed by atoms with van der Waals surface area (Å²) in [5.41, 5.74) is 4.02. The van der Waals surface area contributed by atoms with E-state index in [1.807, 2.05) is 14.2 Å². The summed E-state index contributed by atoms with van der Waals surface area (Å²) in [5.74, 6) is 8.77. The molecule has 0 radical (unpaired) electrons. The van der Waals surface area contributed by atoms with Crippen LogP contribution < -0.4 is 9.47 Å². The van der Waals surface area contributed by atoms with Crippen LogP contribution in [0.25, 0.3) is 10.8 Å². The molecule has 8 rings (SSSR count). The number of fused-ring (bicyclic) bond motifs is 19. The first-order chi connectivity index (χ1) is 14.6. The van der Waals surface area contributed by atoms with Crippen molar-refractivity contribution in [2.75, 3.05) is 14.2 Å².